The number of anilines is 2. The monoisotopic (exact) mass is 434 g/mol. The van der Waals surface area contributed by atoms with E-state index in [-0.39, 0.29) is 0 Å². The van der Waals surface area contributed by atoms with Crippen LogP contribution in [-0.4, -0.2) is 54.2 Å². The lowest BCUT2D eigenvalue weighted by Gasteiger charge is -2.33. The molecule has 1 aliphatic rings. The van der Waals surface area contributed by atoms with Gasteiger partial charge in [-0.25, -0.2) is 9.59 Å². The van der Waals surface area contributed by atoms with Crippen molar-refractivity contribution in [3.8, 4) is 0 Å². The molecule has 1 heterocycles. The molecule has 0 aliphatic carbocycles. The number of para-hydroxylation sites is 1. The van der Waals surface area contributed by atoms with Gasteiger partial charge in [-0.15, -0.1) is 0 Å². The highest BCUT2D eigenvalue weighted by molar-refractivity contribution is 7.99. The third-order valence-electron chi connectivity index (χ3n) is 3.94. The minimum atomic E-state index is -1.26. The number of carboxylic acid groups (broad SMARTS) is 2. The van der Waals surface area contributed by atoms with E-state index in [1.54, 1.807) is 0 Å². The Kier molecular flexibility index (Phi) is 8.57. The number of carboxylic acids is 2. The van der Waals surface area contributed by atoms with Crippen molar-refractivity contribution in [2.24, 2.45) is 0 Å². The van der Waals surface area contributed by atoms with Gasteiger partial charge in [0.25, 0.3) is 0 Å². The number of halogens is 1. The Morgan fingerprint density at radius 3 is 2.28 bits per heavy atom. The standard InChI is InChI=1S/C17H19ClN2S.C4H4O4/c1-19(2)10-5-11-20-14-6-3-4-7-16(14)21-17-9-8-13(18)12-15(17)20;5-3(6)1-2-4(7)8/h3-4,6-9,12H,5,10-11H2,1-2H3;1-2H,(H,5,6)(H,7,8)/b;2-1+. The predicted molar refractivity (Wildman–Crippen MR) is 117 cm³/mol. The molecule has 3 rings (SSSR count). The van der Waals surface area contributed by atoms with E-state index in [0.29, 0.717) is 12.2 Å². The van der Waals surface area contributed by atoms with Gasteiger partial charge in [0.05, 0.1) is 11.4 Å². The van der Waals surface area contributed by atoms with Gasteiger partial charge in [0.1, 0.15) is 0 Å². The summed E-state index contributed by atoms with van der Waals surface area (Å²) in [6.07, 6.45) is 2.24. The van der Waals surface area contributed by atoms with Crippen molar-refractivity contribution in [2.45, 2.75) is 16.2 Å². The second-order valence-corrected chi connectivity index (χ2v) is 8.02. The summed E-state index contributed by atoms with van der Waals surface area (Å²) >= 11 is 8.03. The molecule has 0 spiro atoms. The van der Waals surface area contributed by atoms with Crippen molar-refractivity contribution >= 4 is 46.7 Å². The fourth-order valence-electron chi connectivity index (χ4n) is 2.73. The van der Waals surface area contributed by atoms with Crippen molar-refractivity contribution in [3.05, 3.63) is 59.6 Å². The molecule has 0 atom stereocenters. The summed E-state index contributed by atoms with van der Waals surface area (Å²) in [7, 11) is 4.23. The molecule has 1 aliphatic heterocycles. The largest absolute Gasteiger partial charge is 0.478 e. The van der Waals surface area contributed by atoms with Crippen LogP contribution in [0.3, 0.4) is 0 Å². The maximum Gasteiger partial charge on any atom is 0.328 e. The summed E-state index contributed by atoms with van der Waals surface area (Å²) in [5, 5.41) is 16.4. The first-order valence-electron chi connectivity index (χ1n) is 8.90. The minimum absolute atomic E-state index is 0.558. The van der Waals surface area contributed by atoms with Crippen molar-refractivity contribution in [3.63, 3.8) is 0 Å². The molecule has 6 nitrogen and oxygen atoms in total. The van der Waals surface area contributed by atoms with Crippen molar-refractivity contribution in [1.82, 2.24) is 4.90 Å². The lowest BCUT2D eigenvalue weighted by atomic mass is 10.2. The average molecular weight is 435 g/mol. The highest BCUT2D eigenvalue weighted by Crippen LogP contribution is 2.48. The van der Waals surface area contributed by atoms with Gasteiger partial charge in [0.15, 0.2) is 0 Å². The van der Waals surface area contributed by atoms with Crippen LogP contribution in [-0.2, 0) is 9.59 Å². The Labute approximate surface area is 179 Å². The second kappa shape index (κ2) is 10.9. The number of fused-ring (bicyclic) bond motifs is 2. The van der Waals surface area contributed by atoms with Gasteiger partial charge in [-0.3, -0.25) is 0 Å². The summed E-state index contributed by atoms with van der Waals surface area (Å²) in [6, 6.07) is 14.8. The first-order valence-corrected chi connectivity index (χ1v) is 10.1. The van der Waals surface area contributed by atoms with Crippen LogP contribution >= 0.6 is 23.4 Å². The molecular formula is C21H23ClN2O4S. The summed E-state index contributed by atoms with van der Waals surface area (Å²) < 4.78 is 0. The Hall–Kier alpha value is -2.48. The molecule has 8 heteroatoms. The van der Waals surface area contributed by atoms with E-state index in [0.717, 1.165) is 24.5 Å². The van der Waals surface area contributed by atoms with E-state index in [9.17, 15) is 9.59 Å². The van der Waals surface area contributed by atoms with Gasteiger partial charge in [-0.1, -0.05) is 35.5 Å². The number of carbonyl (C=O) groups is 2. The van der Waals surface area contributed by atoms with Crippen molar-refractivity contribution in [2.75, 3.05) is 32.1 Å². The zero-order valence-electron chi connectivity index (χ0n) is 16.2. The molecule has 0 fully saturated rings. The molecule has 0 amide bonds. The summed E-state index contributed by atoms with van der Waals surface area (Å²) in [5.74, 6) is -2.51. The van der Waals surface area contributed by atoms with Gasteiger partial charge in [0, 0.05) is 33.5 Å². The molecule has 154 valence electrons. The van der Waals surface area contributed by atoms with Crippen LogP contribution < -0.4 is 4.90 Å². The van der Waals surface area contributed by atoms with Crippen LogP contribution in [0.4, 0.5) is 11.4 Å². The minimum Gasteiger partial charge on any atom is -0.478 e. The van der Waals surface area contributed by atoms with E-state index in [2.05, 4.69) is 60.3 Å². The molecule has 2 aromatic carbocycles. The smallest absolute Gasteiger partial charge is 0.328 e. The first-order chi connectivity index (χ1) is 13.8. The highest BCUT2D eigenvalue weighted by atomic mass is 35.5. The van der Waals surface area contributed by atoms with Crippen LogP contribution in [0.2, 0.25) is 5.02 Å². The van der Waals surface area contributed by atoms with E-state index in [1.807, 2.05) is 17.8 Å². The first kappa shape index (κ1) is 22.8. The lowest BCUT2D eigenvalue weighted by molar-refractivity contribution is -0.134. The molecule has 0 saturated carbocycles. The van der Waals surface area contributed by atoms with Crippen LogP contribution in [0.5, 0.6) is 0 Å². The van der Waals surface area contributed by atoms with Gasteiger partial charge in [-0.05, 0) is 57.4 Å². The molecule has 2 aromatic rings. The molecule has 0 unspecified atom stereocenters. The van der Waals surface area contributed by atoms with E-state index >= 15 is 0 Å². The maximum atomic E-state index is 9.55. The Morgan fingerprint density at radius 1 is 1.03 bits per heavy atom. The third-order valence-corrected chi connectivity index (χ3v) is 5.31. The van der Waals surface area contributed by atoms with Crippen molar-refractivity contribution < 1.29 is 19.8 Å². The topological polar surface area (TPSA) is 81.1 Å². The van der Waals surface area contributed by atoms with Gasteiger partial charge < -0.3 is 20.0 Å². The fraction of sp³-hybridized carbons (Fsp3) is 0.238. The lowest BCUT2D eigenvalue weighted by Crippen LogP contribution is -2.25. The summed E-state index contributed by atoms with van der Waals surface area (Å²) in [6.45, 7) is 2.09. The number of benzene rings is 2. The number of rotatable bonds is 6. The average Bonchev–Trinajstić information content (AvgIpc) is 2.66. The summed E-state index contributed by atoms with van der Waals surface area (Å²) in [4.78, 5) is 26.3. The molecule has 29 heavy (non-hydrogen) atoms. The van der Waals surface area contributed by atoms with Gasteiger partial charge in [0.2, 0.25) is 0 Å². The number of hydrogen-bond acceptors (Lipinski definition) is 5. The zero-order valence-corrected chi connectivity index (χ0v) is 17.8. The van der Waals surface area contributed by atoms with Crippen molar-refractivity contribution in [1.29, 1.82) is 0 Å². The maximum absolute atomic E-state index is 9.55. The van der Waals surface area contributed by atoms with Crippen LogP contribution in [0, 0.1) is 0 Å². The van der Waals surface area contributed by atoms with Gasteiger partial charge >= 0.3 is 11.9 Å². The van der Waals surface area contributed by atoms with Crippen LogP contribution in [0.15, 0.2) is 64.4 Å². The molecule has 0 radical (unpaired) electrons. The van der Waals surface area contributed by atoms with Gasteiger partial charge in [-0.2, -0.15) is 0 Å². The Bertz CT molecular complexity index is 886. The third kappa shape index (κ3) is 7.12. The molecular weight excluding hydrogens is 412 g/mol. The molecule has 0 bridgehead atoms. The second-order valence-electron chi connectivity index (χ2n) is 6.50. The Morgan fingerprint density at radius 2 is 1.66 bits per heavy atom. The fourth-order valence-corrected chi connectivity index (χ4v) is 3.97. The van der Waals surface area contributed by atoms with Crippen LogP contribution in [0.1, 0.15) is 6.42 Å². The summed E-state index contributed by atoms with van der Waals surface area (Å²) in [5.41, 5.74) is 2.51. The number of hydrogen-bond donors (Lipinski definition) is 2. The highest BCUT2D eigenvalue weighted by Gasteiger charge is 2.22. The molecule has 0 saturated heterocycles. The normalized spacial score (nSPS) is 12.2. The molecule has 2 N–H and O–H groups in total. The van der Waals surface area contributed by atoms with E-state index < -0.39 is 11.9 Å². The van der Waals surface area contributed by atoms with E-state index in [4.69, 9.17) is 21.8 Å². The zero-order chi connectivity index (χ0) is 21.4. The predicted octanol–water partition coefficient (Wildman–Crippen LogP) is 4.61. The van der Waals surface area contributed by atoms with E-state index in [1.165, 1.54) is 21.2 Å². The van der Waals surface area contributed by atoms with Crippen LogP contribution in [0.25, 0.3) is 0 Å². The number of aliphatic carboxylic acids is 2. The molecule has 0 aromatic heterocycles. The Balaban J connectivity index is 0.000000321. The SMILES string of the molecule is CN(C)CCCN1c2ccccc2Sc2ccc(Cl)cc21.O=C(O)/C=C/C(=O)O. The number of nitrogens with zero attached hydrogens (tertiary/aromatic N) is 2. The quantitative estimate of drug-likeness (QED) is 0.642.